The largest absolute Gasteiger partial charge is 0.478 e. The molecule has 0 fully saturated rings. The first-order chi connectivity index (χ1) is 6.07. The van der Waals surface area contributed by atoms with E-state index >= 15 is 0 Å². The molecule has 68 valence electrons. The van der Waals surface area contributed by atoms with Gasteiger partial charge < -0.3 is 5.11 Å². The van der Waals surface area contributed by atoms with Gasteiger partial charge in [0, 0.05) is 12.7 Å². The predicted molar refractivity (Wildman–Crippen MR) is 68.9 cm³/mol. The van der Waals surface area contributed by atoms with E-state index in [0.717, 1.165) is 7.14 Å². The summed E-state index contributed by atoms with van der Waals surface area (Å²) in [5.41, 5.74) is 1.03. The van der Waals surface area contributed by atoms with Crippen LogP contribution in [0.15, 0.2) is 18.7 Å². The lowest BCUT2D eigenvalue weighted by Gasteiger charge is -2.05. The second-order valence-corrected chi connectivity index (χ2v) is 4.65. The number of carbonyl (C=O) groups is 1. The van der Waals surface area contributed by atoms with Crippen molar-refractivity contribution in [1.82, 2.24) is 0 Å². The van der Waals surface area contributed by atoms with Gasteiger partial charge in [-0.1, -0.05) is 12.7 Å². The van der Waals surface area contributed by atoms with E-state index in [0.29, 0.717) is 11.1 Å². The van der Waals surface area contributed by atoms with Crippen molar-refractivity contribution >= 4 is 57.2 Å². The van der Waals surface area contributed by atoms with E-state index in [4.69, 9.17) is 5.11 Å². The minimum atomic E-state index is -0.905. The molecule has 0 saturated carbocycles. The van der Waals surface area contributed by atoms with Crippen LogP contribution < -0.4 is 0 Å². The second kappa shape index (κ2) is 4.41. The van der Waals surface area contributed by atoms with E-state index in [2.05, 4.69) is 29.2 Å². The zero-order chi connectivity index (χ0) is 10.0. The third kappa shape index (κ3) is 2.22. The van der Waals surface area contributed by atoms with E-state index in [-0.39, 0.29) is 0 Å². The summed E-state index contributed by atoms with van der Waals surface area (Å²) in [7, 11) is 0. The van der Waals surface area contributed by atoms with E-state index in [1.165, 1.54) is 0 Å². The molecule has 13 heavy (non-hydrogen) atoms. The molecule has 1 aromatic carbocycles. The highest BCUT2D eigenvalue weighted by Gasteiger charge is 2.14. The number of benzene rings is 1. The lowest BCUT2D eigenvalue weighted by Crippen LogP contribution is -2.04. The van der Waals surface area contributed by atoms with Crippen LogP contribution >= 0.6 is 45.2 Å². The molecule has 0 unspecified atom stereocenters. The molecular weight excluding hydrogens is 394 g/mol. The van der Waals surface area contributed by atoms with Crippen LogP contribution in [0.3, 0.4) is 0 Å². The van der Waals surface area contributed by atoms with Crippen molar-refractivity contribution in [2.24, 2.45) is 0 Å². The number of halogens is 2. The molecule has 0 atom stereocenters. The first-order valence-corrected chi connectivity index (χ1v) is 5.57. The molecule has 0 heterocycles. The minimum absolute atomic E-state index is 0.336. The normalized spacial score (nSPS) is 9.69. The van der Waals surface area contributed by atoms with Crippen molar-refractivity contribution in [3.63, 3.8) is 0 Å². The summed E-state index contributed by atoms with van der Waals surface area (Å²) in [6, 6.07) is 3.67. The van der Waals surface area contributed by atoms with Crippen LogP contribution in [0.4, 0.5) is 0 Å². The molecule has 0 radical (unpaired) electrons. The van der Waals surface area contributed by atoms with E-state index in [1.54, 1.807) is 12.1 Å². The monoisotopic (exact) mass is 400 g/mol. The highest BCUT2D eigenvalue weighted by Crippen LogP contribution is 2.23. The van der Waals surface area contributed by atoms with Crippen molar-refractivity contribution in [1.29, 1.82) is 0 Å². The highest BCUT2D eigenvalue weighted by atomic mass is 127. The molecule has 0 amide bonds. The topological polar surface area (TPSA) is 37.3 Å². The molecule has 0 spiro atoms. The molecule has 0 saturated heterocycles. The zero-order valence-electron chi connectivity index (χ0n) is 6.55. The Balaban J connectivity index is 3.52. The van der Waals surface area contributed by atoms with Crippen LogP contribution in [-0.2, 0) is 0 Å². The minimum Gasteiger partial charge on any atom is -0.478 e. The molecule has 4 heteroatoms. The molecule has 0 bridgehead atoms. The molecule has 1 N–H and O–H groups in total. The van der Waals surface area contributed by atoms with Crippen LogP contribution in [0.1, 0.15) is 15.9 Å². The quantitative estimate of drug-likeness (QED) is 0.775. The van der Waals surface area contributed by atoms with Crippen LogP contribution in [0, 0.1) is 7.14 Å². The number of hydrogen-bond acceptors (Lipinski definition) is 1. The van der Waals surface area contributed by atoms with Crippen molar-refractivity contribution in [2.75, 3.05) is 0 Å². The summed E-state index contributed by atoms with van der Waals surface area (Å²) in [6.45, 7) is 3.60. The van der Waals surface area contributed by atoms with E-state index in [1.807, 2.05) is 28.7 Å². The van der Waals surface area contributed by atoms with Gasteiger partial charge in [0.05, 0.1) is 5.56 Å². The van der Waals surface area contributed by atoms with Crippen molar-refractivity contribution in [3.05, 3.63) is 37.0 Å². The van der Waals surface area contributed by atoms with Gasteiger partial charge in [0.2, 0.25) is 0 Å². The Labute approximate surface area is 103 Å². The average Bonchev–Trinajstić information content (AvgIpc) is 2.07. The average molecular weight is 400 g/mol. The molecule has 0 aromatic heterocycles. The van der Waals surface area contributed by atoms with Gasteiger partial charge >= 0.3 is 5.97 Å². The van der Waals surface area contributed by atoms with Gasteiger partial charge in [-0.3, -0.25) is 0 Å². The number of carboxylic acid groups (broad SMARTS) is 1. The maximum absolute atomic E-state index is 10.9. The predicted octanol–water partition coefficient (Wildman–Crippen LogP) is 3.24. The fourth-order valence-corrected chi connectivity index (χ4v) is 2.36. The van der Waals surface area contributed by atoms with Gasteiger partial charge in [-0.2, -0.15) is 0 Å². The summed E-state index contributed by atoms with van der Waals surface area (Å²) in [5, 5.41) is 8.95. The summed E-state index contributed by atoms with van der Waals surface area (Å²) in [6.07, 6.45) is 1.58. The molecule has 2 nitrogen and oxygen atoms in total. The first-order valence-electron chi connectivity index (χ1n) is 3.41. The Hall–Kier alpha value is -0.110. The summed E-state index contributed by atoms with van der Waals surface area (Å²) in [5.74, 6) is -0.905. The van der Waals surface area contributed by atoms with Crippen LogP contribution in [0.25, 0.3) is 6.08 Å². The molecule has 0 aliphatic rings. The number of carboxylic acids is 1. The van der Waals surface area contributed by atoms with Gasteiger partial charge in [-0.05, 0) is 57.3 Å². The Morgan fingerprint density at radius 3 is 2.31 bits per heavy atom. The molecule has 1 aromatic rings. The van der Waals surface area contributed by atoms with E-state index < -0.39 is 5.97 Å². The summed E-state index contributed by atoms with van der Waals surface area (Å²) >= 11 is 4.11. The summed E-state index contributed by atoms with van der Waals surface area (Å²) < 4.78 is 1.64. The van der Waals surface area contributed by atoms with Gasteiger partial charge in [0.1, 0.15) is 0 Å². The molecule has 0 aliphatic heterocycles. The highest BCUT2D eigenvalue weighted by molar-refractivity contribution is 14.1. The van der Waals surface area contributed by atoms with Crippen molar-refractivity contribution in [2.45, 2.75) is 0 Å². The fraction of sp³-hybridized carbons (Fsp3) is 0. The van der Waals surface area contributed by atoms with Gasteiger partial charge in [0.25, 0.3) is 0 Å². The number of hydrogen-bond donors (Lipinski definition) is 1. The van der Waals surface area contributed by atoms with Gasteiger partial charge in [-0.25, -0.2) is 4.79 Å². The lowest BCUT2D eigenvalue weighted by atomic mass is 10.1. The second-order valence-electron chi connectivity index (χ2n) is 2.33. The molecule has 0 aliphatic carbocycles. The van der Waals surface area contributed by atoms with Crippen LogP contribution in [0.5, 0.6) is 0 Å². The van der Waals surface area contributed by atoms with Crippen LogP contribution in [-0.4, -0.2) is 11.1 Å². The SMILES string of the molecule is C=Cc1c(I)ccc(I)c1C(=O)O. The van der Waals surface area contributed by atoms with Crippen molar-refractivity contribution in [3.8, 4) is 0 Å². The fourth-order valence-electron chi connectivity index (χ4n) is 0.984. The standard InChI is InChI=1S/C9H6I2O2/c1-2-5-6(10)3-4-7(11)8(5)9(12)13/h2-4H,1H2,(H,12,13). The first kappa shape index (κ1) is 11.0. The Bertz CT molecular complexity index is 372. The van der Waals surface area contributed by atoms with Crippen LogP contribution in [0.2, 0.25) is 0 Å². The third-order valence-electron chi connectivity index (χ3n) is 1.56. The lowest BCUT2D eigenvalue weighted by molar-refractivity contribution is 0.0695. The molecular formula is C9H6I2O2. The smallest absolute Gasteiger partial charge is 0.337 e. The Kier molecular flexibility index (Phi) is 3.72. The maximum atomic E-state index is 10.9. The zero-order valence-corrected chi connectivity index (χ0v) is 10.9. The molecule has 1 rings (SSSR count). The Morgan fingerprint density at radius 2 is 1.92 bits per heavy atom. The summed E-state index contributed by atoms with van der Waals surface area (Å²) in [4.78, 5) is 10.9. The van der Waals surface area contributed by atoms with Crippen molar-refractivity contribution < 1.29 is 9.90 Å². The van der Waals surface area contributed by atoms with Gasteiger partial charge in [0.15, 0.2) is 0 Å². The number of aromatic carboxylic acids is 1. The number of rotatable bonds is 2. The maximum Gasteiger partial charge on any atom is 0.337 e. The third-order valence-corrected chi connectivity index (χ3v) is 3.40. The van der Waals surface area contributed by atoms with E-state index in [9.17, 15) is 4.79 Å². The van der Waals surface area contributed by atoms with Gasteiger partial charge in [-0.15, -0.1) is 0 Å². The Morgan fingerprint density at radius 1 is 1.38 bits per heavy atom.